The lowest BCUT2D eigenvalue weighted by atomic mass is 10.1. The van der Waals surface area contributed by atoms with E-state index in [9.17, 15) is 27.5 Å². The monoisotopic (exact) mass is 472 g/mol. The molecule has 2 aromatic carbocycles. The Morgan fingerprint density at radius 1 is 1.16 bits per heavy atom. The maximum atomic E-state index is 13.0. The molecule has 1 amide bonds. The first-order valence-corrected chi connectivity index (χ1v) is 11.0. The summed E-state index contributed by atoms with van der Waals surface area (Å²) in [7, 11) is -4.25. The molecule has 0 unspecified atom stereocenters. The predicted octanol–water partition coefficient (Wildman–Crippen LogP) is 1.93. The van der Waals surface area contributed by atoms with Crippen LogP contribution < -0.4 is 10.0 Å². The highest BCUT2D eigenvalue weighted by molar-refractivity contribution is 7.89. The summed E-state index contributed by atoms with van der Waals surface area (Å²) in [6.07, 6.45) is -1.46. The molecule has 31 heavy (non-hydrogen) atoms. The topological polar surface area (TPSA) is 122 Å². The fourth-order valence-electron chi connectivity index (χ4n) is 2.56. The van der Waals surface area contributed by atoms with Gasteiger partial charge in [0.15, 0.2) is 6.61 Å². The van der Waals surface area contributed by atoms with E-state index in [-0.39, 0.29) is 4.90 Å². The minimum atomic E-state index is -4.25. The van der Waals surface area contributed by atoms with E-state index in [0.717, 1.165) is 29.8 Å². The van der Waals surface area contributed by atoms with Gasteiger partial charge in [-0.2, -0.15) is 4.72 Å². The number of esters is 1. The first-order valence-electron chi connectivity index (χ1n) is 9.17. The van der Waals surface area contributed by atoms with E-state index in [0.29, 0.717) is 5.02 Å². The molecule has 2 rings (SSSR count). The second kappa shape index (κ2) is 10.7. The minimum absolute atomic E-state index is 0.305. The lowest BCUT2D eigenvalue weighted by Gasteiger charge is -2.20. The molecular weight excluding hydrogens is 451 g/mol. The largest absolute Gasteiger partial charge is 0.454 e. The molecule has 0 bridgehead atoms. The molecule has 11 heteroatoms. The standard InChI is InChI=1S/C20H22ClFN2O6S/c1-12(14-4-3-5-15(21)10-14)23-18(26)11-30-20(27)19(13(2)25)24-31(28,29)17-8-6-16(22)7-9-17/h3-10,12-13,19,24-25H,11H2,1-2H3,(H,23,26)/t12-,13-,19+/m0/s1. The lowest BCUT2D eigenvalue weighted by Crippen LogP contribution is -2.49. The number of hydrogen-bond acceptors (Lipinski definition) is 6. The van der Waals surface area contributed by atoms with Crippen molar-refractivity contribution in [3.8, 4) is 0 Å². The number of ether oxygens (including phenoxy) is 1. The number of benzene rings is 2. The zero-order chi connectivity index (χ0) is 23.2. The van der Waals surface area contributed by atoms with Crippen molar-refractivity contribution in [1.29, 1.82) is 0 Å². The van der Waals surface area contributed by atoms with E-state index in [1.165, 1.54) is 6.92 Å². The zero-order valence-electron chi connectivity index (χ0n) is 16.7. The maximum absolute atomic E-state index is 13.0. The number of sulfonamides is 1. The van der Waals surface area contributed by atoms with Crippen LogP contribution in [0.1, 0.15) is 25.5 Å². The second-order valence-electron chi connectivity index (χ2n) is 6.75. The molecule has 0 saturated heterocycles. The van der Waals surface area contributed by atoms with Crippen LogP contribution in [0.5, 0.6) is 0 Å². The molecule has 0 radical (unpaired) electrons. The van der Waals surface area contributed by atoms with Crippen molar-refractivity contribution in [1.82, 2.24) is 10.0 Å². The lowest BCUT2D eigenvalue weighted by molar-refractivity contribution is -0.152. The third-order valence-corrected chi connectivity index (χ3v) is 5.91. The molecule has 0 fully saturated rings. The second-order valence-corrected chi connectivity index (χ2v) is 8.90. The van der Waals surface area contributed by atoms with Gasteiger partial charge in [-0.3, -0.25) is 9.59 Å². The van der Waals surface area contributed by atoms with Gasteiger partial charge in [0.1, 0.15) is 11.9 Å². The van der Waals surface area contributed by atoms with Crippen molar-refractivity contribution in [2.24, 2.45) is 0 Å². The van der Waals surface area contributed by atoms with Crippen LogP contribution in [0, 0.1) is 5.82 Å². The normalized spacial score (nSPS) is 14.4. The smallest absolute Gasteiger partial charge is 0.327 e. The molecule has 0 aliphatic carbocycles. The van der Waals surface area contributed by atoms with Crippen LogP contribution in [0.4, 0.5) is 4.39 Å². The summed E-state index contributed by atoms with van der Waals surface area (Å²) in [6, 6.07) is 8.64. The van der Waals surface area contributed by atoms with Crippen LogP contribution in [0.15, 0.2) is 53.4 Å². The Hall–Kier alpha value is -2.53. The number of aliphatic hydroxyl groups excluding tert-OH is 1. The number of halogens is 2. The van der Waals surface area contributed by atoms with Gasteiger partial charge in [-0.15, -0.1) is 0 Å². The van der Waals surface area contributed by atoms with Crippen LogP contribution in [0.3, 0.4) is 0 Å². The van der Waals surface area contributed by atoms with Crippen molar-refractivity contribution in [2.75, 3.05) is 6.61 Å². The molecule has 0 heterocycles. The summed E-state index contributed by atoms with van der Waals surface area (Å²) in [6.45, 7) is 2.20. The molecule has 0 aromatic heterocycles. The van der Waals surface area contributed by atoms with E-state index >= 15 is 0 Å². The summed E-state index contributed by atoms with van der Waals surface area (Å²) in [5, 5.41) is 12.9. The van der Waals surface area contributed by atoms with Crippen molar-refractivity contribution in [3.05, 3.63) is 64.9 Å². The Kier molecular flexibility index (Phi) is 8.52. The van der Waals surface area contributed by atoms with Crippen molar-refractivity contribution in [2.45, 2.75) is 36.9 Å². The Balaban J connectivity index is 1.97. The first kappa shape index (κ1) is 24.7. The molecule has 0 spiro atoms. The number of carbonyl (C=O) groups is 2. The minimum Gasteiger partial charge on any atom is -0.454 e. The van der Waals surface area contributed by atoms with E-state index in [4.69, 9.17) is 16.3 Å². The van der Waals surface area contributed by atoms with Crippen molar-refractivity contribution >= 4 is 33.5 Å². The van der Waals surface area contributed by atoms with Crippen LogP contribution in [0.2, 0.25) is 5.02 Å². The van der Waals surface area contributed by atoms with Crippen molar-refractivity contribution < 1.29 is 32.2 Å². The number of nitrogens with one attached hydrogen (secondary N) is 2. The molecular formula is C20H22ClFN2O6S. The van der Waals surface area contributed by atoms with E-state index in [2.05, 4.69) is 5.32 Å². The van der Waals surface area contributed by atoms with Crippen LogP contribution in [0.25, 0.3) is 0 Å². The van der Waals surface area contributed by atoms with Crippen LogP contribution in [-0.2, 0) is 24.3 Å². The molecule has 0 aliphatic rings. The molecule has 2 aromatic rings. The van der Waals surface area contributed by atoms with E-state index < -0.39 is 52.5 Å². The molecule has 3 atom stereocenters. The number of amides is 1. The van der Waals surface area contributed by atoms with Gasteiger partial charge in [0.05, 0.1) is 17.0 Å². The summed E-state index contributed by atoms with van der Waals surface area (Å²) >= 11 is 5.92. The van der Waals surface area contributed by atoms with Gasteiger partial charge < -0.3 is 15.2 Å². The average Bonchev–Trinajstić information content (AvgIpc) is 2.70. The number of hydrogen-bond donors (Lipinski definition) is 3. The molecule has 168 valence electrons. The quantitative estimate of drug-likeness (QED) is 0.479. The Morgan fingerprint density at radius 3 is 2.39 bits per heavy atom. The fourth-order valence-corrected chi connectivity index (χ4v) is 4.02. The van der Waals surface area contributed by atoms with Crippen LogP contribution >= 0.6 is 11.6 Å². The van der Waals surface area contributed by atoms with Gasteiger partial charge in [-0.05, 0) is 55.8 Å². The summed E-state index contributed by atoms with van der Waals surface area (Å²) in [4.78, 5) is 24.1. The maximum Gasteiger partial charge on any atom is 0.327 e. The molecule has 8 nitrogen and oxygen atoms in total. The van der Waals surface area contributed by atoms with Crippen molar-refractivity contribution in [3.63, 3.8) is 0 Å². The van der Waals surface area contributed by atoms with E-state index in [1.807, 2.05) is 4.72 Å². The number of rotatable bonds is 9. The Bertz CT molecular complexity index is 1030. The SMILES string of the molecule is C[C@H](NC(=O)COC(=O)[C@H](NS(=O)(=O)c1ccc(F)cc1)[C@H](C)O)c1cccc(Cl)c1. The third kappa shape index (κ3) is 7.28. The summed E-state index contributed by atoms with van der Waals surface area (Å²) in [5.74, 6) is -2.42. The van der Waals surface area contributed by atoms with Crippen LogP contribution in [-0.4, -0.2) is 44.2 Å². The van der Waals surface area contributed by atoms with Gasteiger partial charge in [0.25, 0.3) is 5.91 Å². The zero-order valence-corrected chi connectivity index (χ0v) is 18.3. The van der Waals surface area contributed by atoms with Gasteiger partial charge in [0, 0.05) is 5.02 Å². The molecule has 0 saturated carbocycles. The number of carbonyl (C=O) groups excluding carboxylic acids is 2. The highest BCUT2D eigenvalue weighted by atomic mass is 35.5. The third-order valence-electron chi connectivity index (χ3n) is 4.21. The highest BCUT2D eigenvalue weighted by Gasteiger charge is 2.31. The van der Waals surface area contributed by atoms with Gasteiger partial charge in [-0.1, -0.05) is 23.7 Å². The Labute approximate surface area is 184 Å². The fraction of sp³-hybridized carbons (Fsp3) is 0.300. The highest BCUT2D eigenvalue weighted by Crippen LogP contribution is 2.17. The molecule has 3 N–H and O–H groups in total. The predicted molar refractivity (Wildman–Crippen MR) is 111 cm³/mol. The van der Waals surface area contributed by atoms with Gasteiger partial charge in [0.2, 0.25) is 10.0 Å². The number of aliphatic hydroxyl groups is 1. The van der Waals surface area contributed by atoms with Gasteiger partial charge >= 0.3 is 5.97 Å². The first-order chi connectivity index (χ1) is 14.5. The Morgan fingerprint density at radius 2 is 1.81 bits per heavy atom. The summed E-state index contributed by atoms with van der Waals surface area (Å²) in [5.41, 5.74) is 0.737. The average molecular weight is 473 g/mol. The summed E-state index contributed by atoms with van der Waals surface area (Å²) < 4.78 is 44.7. The van der Waals surface area contributed by atoms with E-state index in [1.54, 1.807) is 31.2 Å². The molecule has 0 aliphatic heterocycles. The van der Waals surface area contributed by atoms with Gasteiger partial charge in [-0.25, -0.2) is 12.8 Å².